The highest BCUT2D eigenvalue weighted by molar-refractivity contribution is 6.15. The van der Waals surface area contributed by atoms with Crippen LogP contribution in [-0.4, -0.2) is 28.8 Å². The van der Waals surface area contributed by atoms with Crippen molar-refractivity contribution < 1.29 is 23.9 Å². The van der Waals surface area contributed by atoms with E-state index in [0.29, 0.717) is 24.8 Å². The quantitative estimate of drug-likeness (QED) is 0.808. The average molecular weight is 355 g/mol. The van der Waals surface area contributed by atoms with Crippen molar-refractivity contribution in [3.63, 3.8) is 0 Å². The average Bonchev–Trinajstić information content (AvgIpc) is 3.10. The Bertz CT molecular complexity index is 847. The molecule has 0 unspecified atom stereocenters. The summed E-state index contributed by atoms with van der Waals surface area (Å²) in [5.74, 6) is -2.52. The summed E-state index contributed by atoms with van der Waals surface area (Å²) < 4.78 is 13.1. The van der Waals surface area contributed by atoms with Crippen molar-refractivity contribution in [3.05, 3.63) is 71.0 Å². The van der Waals surface area contributed by atoms with Gasteiger partial charge in [0.15, 0.2) is 5.78 Å². The Morgan fingerprint density at radius 2 is 1.62 bits per heavy atom. The SMILES string of the molecule is O=C(N[C@H]1CC[C@@H](C(=O)O)C1)c1ccccc1C(=O)c1ccc(F)cc1. The van der Waals surface area contributed by atoms with Gasteiger partial charge in [0.1, 0.15) is 5.82 Å². The molecule has 0 saturated heterocycles. The highest BCUT2D eigenvalue weighted by Gasteiger charge is 2.31. The van der Waals surface area contributed by atoms with E-state index in [9.17, 15) is 18.8 Å². The Hall–Kier alpha value is -3.02. The zero-order valence-corrected chi connectivity index (χ0v) is 13.9. The summed E-state index contributed by atoms with van der Waals surface area (Å²) >= 11 is 0. The molecular weight excluding hydrogens is 337 g/mol. The summed E-state index contributed by atoms with van der Waals surface area (Å²) in [5, 5.41) is 11.9. The van der Waals surface area contributed by atoms with Crippen molar-refractivity contribution in [2.45, 2.75) is 25.3 Å². The molecule has 0 heterocycles. The van der Waals surface area contributed by atoms with E-state index in [-0.39, 0.29) is 23.0 Å². The van der Waals surface area contributed by atoms with Crippen LogP contribution in [0.3, 0.4) is 0 Å². The lowest BCUT2D eigenvalue weighted by molar-refractivity contribution is -0.141. The highest BCUT2D eigenvalue weighted by Crippen LogP contribution is 2.26. The maximum absolute atomic E-state index is 13.1. The Balaban J connectivity index is 1.78. The van der Waals surface area contributed by atoms with Gasteiger partial charge in [0, 0.05) is 17.2 Å². The second-order valence-electron chi connectivity index (χ2n) is 6.40. The van der Waals surface area contributed by atoms with Gasteiger partial charge in [-0.1, -0.05) is 18.2 Å². The zero-order chi connectivity index (χ0) is 18.7. The number of carbonyl (C=O) groups is 3. The molecule has 1 fully saturated rings. The van der Waals surface area contributed by atoms with Gasteiger partial charge in [-0.15, -0.1) is 0 Å². The number of benzene rings is 2. The molecule has 26 heavy (non-hydrogen) atoms. The van der Waals surface area contributed by atoms with Gasteiger partial charge < -0.3 is 10.4 Å². The Morgan fingerprint density at radius 3 is 2.23 bits per heavy atom. The molecule has 3 rings (SSSR count). The van der Waals surface area contributed by atoms with Crippen molar-refractivity contribution in [1.29, 1.82) is 0 Å². The molecule has 0 bridgehead atoms. The maximum atomic E-state index is 13.1. The third-order valence-corrected chi connectivity index (χ3v) is 4.64. The summed E-state index contributed by atoms with van der Waals surface area (Å²) in [7, 11) is 0. The minimum Gasteiger partial charge on any atom is -0.481 e. The number of aliphatic carboxylic acids is 1. The van der Waals surface area contributed by atoms with E-state index in [1.165, 1.54) is 24.3 Å². The van der Waals surface area contributed by atoms with Crippen LogP contribution in [-0.2, 0) is 4.79 Å². The number of amides is 1. The number of nitrogens with one attached hydrogen (secondary N) is 1. The van der Waals surface area contributed by atoms with Crippen LogP contribution in [0.4, 0.5) is 4.39 Å². The first-order valence-corrected chi connectivity index (χ1v) is 8.38. The standard InChI is InChI=1S/C20H18FNO4/c21-14-8-5-12(6-9-14)18(23)16-3-1-2-4-17(16)19(24)22-15-10-7-13(11-15)20(25)26/h1-6,8-9,13,15H,7,10-11H2,(H,22,24)(H,25,26)/t13-,15+/m1/s1. The lowest BCUT2D eigenvalue weighted by Gasteiger charge is -2.14. The molecule has 0 spiro atoms. The van der Waals surface area contributed by atoms with Crippen LogP contribution >= 0.6 is 0 Å². The van der Waals surface area contributed by atoms with E-state index in [1.54, 1.807) is 24.3 Å². The minimum atomic E-state index is -0.853. The normalized spacial score (nSPS) is 19.1. The Kier molecular flexibility index (Phi) is 5.11. The molecule has 1 aliphatic rings. The summed E-state index contributed by atoms with van der Waals surface area (Å²) in [6, 6.07) is 11.3. The van der Waals surface area contributed by atoms with Gasteiger partial charge in [0.05, 0.1) is 11.5 Å². The van der Waals surface area contributed by atoms with E-state index in [2.05, 4.69) is 5.32 Å². The first-order valence-electron chi connectivity index (χ1n) is 8.38. The number of carbonyl (C=O) groups excluding carboxylic acids is 2. The van der Waals surface area contributed by atoms with Crippen LogP contribution in [0, 0.1) is 11.7 Å². The fraction of sp³-hybridized carbons (Fsp3) is 0.250. The minimum absolute atomic E-state index is 0.223. The van der Waals surface area contributed by atoms with Crippen LogP contribution in [0.25, 0.3) is 0 Å². The second kappa shape index (κ2) is 7.47. The number of carboxylic acids is 1. The van der Waals surface area contributed by atoms with E-state index < -0.39 is 23.6 Å². The fourth-order valence-electron chi connectivity index (χ4n) is 3.24. The van der Waals surface area contributed by atoms with E-state index in [0.717, 1.165) is 0 Å². The van der Waals surface area contributed by atoms with Crippen LogP contribution in [0.15, 0.2) is 48.5 Å². The van der Waals surface area contributed by atoms with E-state index in [1.807, 2.05) is 0 Å². The molecule has 2 aromatic carbocycles. The third kappa shape index (κ3) is 3.79. The van der Waals surface area contributed by atoms with Gasteiger partial charge in [-0.25, -0.2) is 4.39 Å². The van der Waals surface area contributed by atoms with Crippen molar-refractivity contribution in [2.75, 3.05) is 0 Å². The summed E-state index contributed by atoms with van der Waals surface area (Å²) in [5.41, 5.74) is 0.739. The summed E-state index contributed by atoms with van der Waals surface area (Å²) in [4.78, 5) is 36.3. The van der Waals surface area contributed by atoms with Crippen molar-refractivity contribution in [1.82, 2.24) is 5.32 Å². The molecule has 5 nitrogen and oxygen atoms in total. The van der Waals surface area contributed by atoms with Crippen LogP contribution < -0.4 is 5.32 Å². The van der Waals surface area contributed by atoms with Crippen LogP contribution in [0.2, 0.25) is 0 Å². The smallest absolute Gasteiger partial charge is 0.306 e. The third-order valence-electron chi connectivity index (χ3n) is 4.64. The molecule has 6 heteroatoms. The fourth-order valence-corrected chi connectivity index (χ4v) is 3.24. The molecule has 1 amide bonds. The van der Waals surface area contributed by atoms with Gasteiger partial charge in [-0.3, -0.25) is 14.4 Å². The highest BCUT2D eigenvalue weighted by atomic mass is 19.1. The zero-order valence-electron chi connectivity index (χ0n) is 13.9. The van der Waals surface area contributed by atoms with Crippen molar-refractivity contribution in [3.8, 4) is 0 Å². The van der Waals surface area contributed by atoms with Crippen LogP contribution in [0.5, 0.6) is 0 Å². The molecule has 2 N–H and O–H groups in total. The van der Waals surface area contributed by atoms with Gasteiger partial charge in [0.2, 0.25) is 0 Å². The number of rotatable bonds is 5. The number of halogens is 1. The van der Waals surface area contributed by atoms with Gasteiger partial charge in [-0.05, 0) is 49.6 Å². The maximum Gasteiger partial charge on any atom is 0.306 e. The number of hydrogen-bond acceptors (Lipinski definition) is 3. The largest absolute Gasteiger partial charge is 0.481 e. The van der Waals surface area contributed by atoms with Crippen molar-refractivity contribution in [2.24, 2.45) is 5.92 Å². The van der Waals surface area contributed by atoms with Crippen LogP contribution in [0.1, 0.15) is 45.5 Å². The van der Waals surface area contributed by atoms with Gasteiger partial charge >= 0.3 is 5.97 Å². The van der Waals surface area contributed by atoms with E-state index in [4.69, 9.17) is 5.11 Å². The second-order valence-corrected chi connectivity index (χ2v) is 6.40. The summed E-state index contributed by atoms with van der Waals surface area (Å²) in [6.07, 6.45) is 1.50. The lowest BCUT2D eigenvalue weighted by Crippen LogP contribution is -2.34. The predicted molar refractivity (Wildman–Crippen MR) is 92.5 cm³/mol. The molecule has 2 aromatic rings. The lowest BCUT2D eigenvalue weighted by atomic mass is 9.97. The topological polar surface area (TPSA) is 83.5 Å². The van der Waals surface area contributed by atoms with E-state index >= 15 is 0 Å². The first kappa shape index (κ1) is 17.8. The number of hydrogen-bond donors (Lipinski definition) is 2. The molecule has 2 atom stereocenters. The molecule has 1 aliphatic carbocycles. The molecule has 0 aromatic heterocycles. The van der Waals surface area contributed by atoms with Gasteiger partial charge in [0.25, 0.3) is 5.91 Å². The molecule has 134 valence electrons. The van der Waals surface area contributed by atoms with Gasteiger partial charge in [-0.2, -0.15) is 0 Å². The molecular formula is C20H18FNO4. The number of ketones is 1. The predicted octanol–water partition coefficient (Wildman–Crippen LogP) is 3.04. The number of carboxylic acid groups (broad SMARTS) is 1. The molecule has 0 radical (unpaired) electrons. The summed E-state index contributed by atoms with van der Waals surface area (Å²) in [6.45, 7) is 0. The monoisotopic (exact) mass is 355 g/mol. The Labute approximate surface area is 149 Å². The Morgan fingerprint density at radius 1 is 0.962 bits per heavy atom. The molecule has 0 aliphatic heterocycles. The molecule has 1 saturated carbocycles. The first-order chi connectivity index (χ1) is 12.5. The van der Waals surface area contributed by atoms with Crippen molar-refractivity contribution >= 4 is 17.7 Å².